The van der Waals surface area contributed by atoms with E-state index in [9.17, 15) is 23.7 Å². The zero-order valence-corrected chi connectivity index (χ0v) is 12.6. The highest BCUT2D eigenvalue weighted by Gasteiger charge is 2.31. The molecule has 0 saturated heterocycles. The average molecular weight is 328 g/mol. The fourth-order valence-corrected chi connectivity index (χ4v) is 2.13. The van der Waals surface area contributed by atoms with Crippen LogP contribution in [0.15, 0.2) is 6.20 Å². The molecular formula is C12H14F2N6O3. The lowest BCUT2D eigenvalue weighted by molar-refractivity contribution is -0.386. The van der Waals surface area contributed by atoms with Crippen LogP contribution in [-0.2, 0) is 18.4 Å². The number of nitro groups is 1. The summed E-state index contributed by atoms with van der Waals surface area (Å²) in [5, 5.41) is 21.0. The number of aromatic nitrogens is 4. The van der Waals surface area contributed by atoms with Crippen LogP contribution in [0.3, 0.4) is 0 Å². The number of nitrogens with zero attached hydrogens (tertiary/aromatic N) is 5. The lowest BCUT2D eigenvalue weighted by atomic mass is 10.3. The van der Waals surface area contributed by atoms with E-state index >= 15 is 0 Å². The minimum Gasteiger partial charge on any atom is -0.322 e. The number of anilines is 1. The molecule has 0 spiro atoms. The van der Waals surface area contributed by atoms with Crippen LogP contribution in [0, 0.1) is 24.0 Å². The summed E-state index contributed by atoms with van der Waals surface area (Å²) in [6, 6.07) is 0. The molecule has 124 valence electrons. The Labute approximate surface area is 129 Å². The van der Waals surface area contributed by atoms with Crippen LogP contribution in [0.5, 0.6) is 0 Å². The van der Waals surface area contributed by atoms with Gasteiger partial charge in [0, 0.05) is 13.2 Å². The van der Waals surface area contributed by atoms with Crippen molar-refractivity contribution in [3.05, 3.63) is 33.4 Å². The molecule has 0 aliphatic heterocycles. The zero-order valence-electron chi connectivity index (χ0n) is 12.6. The molecular weight excluding hydrogens is 314 g/mol. The molecule has 11 heteroatoms. The number of nitrogens with one attached hydrogen (secondary N) is 1. The topological polar surface area (TPSA) is 108 Å². The standard InChI is InChI=1S/C12H14F2N6O3/c1-6-8(4-18(3)16-6)15-9(21)5-19-7(2)11(20(22)23)10(17-19)12(13)14/h4,12H,5H2,1-3H3,(H,15,21). The van der Waals surface area contributed by atoms with Crippen LogP contribution >= 0.6 is 0 Å². The summed E-state index contributed by atoms with van der Waals surface area (Å²) in [5.41, 5.74) is -0.783. The lowest BCUT2D eigenvalue weighted by Crippen LogP contribution is -2.20. The molecule has 0 aromatic carbocycles. The van der Waals surface area contributed by atoms with Crippen molar-refractivity contribution >= 4 is 17.3 Å². The van der Waals surface area contributed by atoms with E-state index < -0.39 is 35.2 Å². The highest BCUT2D eigenvalue weighted by molar-refractivity contribution is 5.91. The van der Waals surface area contributed by atoms with Crippen molar-refractivity contribution < 1.29 is 18.5 Å². The first kappa shape index (κ1) is 16.5. The van der Waals surface area contributed by atoms with E-state index in [1.165, 1.54) is 11.6 Å². The Morgan fingerprint density at radius 1 is 1.43 bits per heavy atom. The predicted molar refractivity (Wildman–Crippen MR) is 75.2 cm³/mol. The summed E-state index contributed by atoms with van der Waals surface area (Å²) in [7, 11) is 1.68. The third-order valence-electron chi connectivity index (χ3n) is 3.17. The molecule has 0 atom stereocenters. The molecule has 9 nitrogen and oxygen atoms in total. The smallest absolute Gasteiger partial charge is 0.319 e. The fourth-order valence-electron chi connectivity index (χ4n) is 2.13. The molecule has 2 rings (SSSR count). The molecule has 2 aromatic rings. The van der Waals surface area contributed by atoms with Gasteiger partial charge < -0.3 is 5.32 Å². The van der Waals surface area contributed by atoms with E-state index in [2.05, 4.69) is 15.5 Å². The van der Waals surface area contributed by atoms with Crippen molar-refractivity contribution in [2.75, 3.05) is 5.32 Å². The van der Waals surface area contributed by atoms with Crippen molar-refractivity contribution in [1.29, 1.82) is 0 Å². The van der Waals surface area contributed by atoms with E-state index in [4.69, 9.17) is 0 Å². The highest BCUT2D eigenvalue weighted by Crippen LogP contribution is 2.30. The van der Waals surface area contributed by atoms with Gasteiger partial charge in [-0.25, -0.2) is 8.78 Å². The van der Waals surface area contributed by atoms with Crippen molar-refractivity contribution in [2.24, 2.45) is 7.05 Å². The van der Waals surface area contributed by atoms with Gasteiger partial charge in [0.1, 0.15) is 12.2 Å². The van der Waals surface area contributed by atoms with E-state index in [-0.39, 0.29) is 5.69 Å². The monoisotopic (exact) mass is 328 g/mol. The van der Waals surface area contributed by atoms with E-state index in [0.717, 1.165) is 4.68 Å². The van der Waals surface area contributed by atoms with Crippen molar-refractivity contribution in [3.63, 3.8) is 0 Å². The van der Waals surface area contributed by atoms with Gasteiger partial charge in [0.05, 0.1) is 16.3 Å². The van der Waals surface area contributed by atoms with Gasteiger partial charge in [-0.15, -0.1) is 0 Å². The van der Waals surface area contributed by atoms with Gasteiger partial charge in [-0.3, -0.25) is 24.3 Å². The van der Waals surface area contributed by atoms with Gasteiger partial charge in [0.2, 0.25) is 11.6 Å². The summed E-state index contributed by atoms with van der Waals surface area (Å²) in [5.74, 6) is -0.553. The lowest BCUT2D eigenvalue weighted by Gasteiger charge is -2.05. The molecule has 0 fully saturated rings. The Morgan fingerprint density at radius 3 is 2.52 bits per heavy atom. The molecule has 0 saturated carbocycles. The molecule has 0 radical (unpaired) electrons. The second kappa shape index (κ2) is 6.10. The van der Waals surface area contributed by atoms with Gasteiger partial charge in [-0.2, -0.15) is 10.2 Å². The maximum absolute atomic E-state index is 12.8. The quantitative estimate of drug-likeness (QED) is 0.664. The minimum atomic E-state index is -3.10. The Hall–Kier alpha value is -2.85. The molecule has 1 amide bonds. The summed E-state index contributed by atoms with van der Waals surface area (Å²) < 4.78 is 28.1. The Kier molecular flexibility index (Phi) is 4.38. The van der Waals surface area contributed by atoms with Crippen LogP contribution in [0.4, 0.5) is 20.2 Å². The summed E-state index contributed by atoms with van der Waals surface area (Å²) >= 11 is 0. The van der Waals surface area contributed by atoms with Crippen LogP contribution in [-0.4, -0.2) is 30.4 Å². The van der Waals surface area contributed by atoms with Crippen molar-refractivity contribution in [3.8, 4) is 0 Å². The predicted octanol–water partition coefficient (Wildman–Crippen LogP) is 1.72. The van der Waals surface area contributed by atoms with Gasteiger partial charge in [0.25, 0.3) is 6.43 Å². The number of aryl methyl sites for hydroxylation is 2. The Balaban J connectivity index is 2.23. The Morgan fingerprint density at radius 2 is 2.09 bits per heavy atom. The number of hydrogen-bond donors (Lipinski definition) is 1. The molecule has 0 unspecified atom stereocenters. The van der Waals surface area contributed by atoms with Gasteiger partial charge in [-0.05, 0) is 13.8 Å². The van der Waals surface area contributed by atoms with Crippen LogP contribution in [0.1, 0.15) is 23.5 Å². The van der Waals surface area contributed by atoms with E-state index in [1.54, 1.807) is 20.2 Å². The molecule has 1 N–H and O–H groups in total. The molecule has 23 heavy (non-hydrogen) atoms. The second-order valence-corrected chi connectivity index (χ2v) is 4.88. The largest absolute Gasteiger partial charge is 0.322 e. The van der Waals surface area contributed by atoms with E-state index in [1.807, 2.05) is 0 Å². The number of carbonyl (C=O) groups excluding carboxylic acids is 1. The number of hydrogen-bond acceptors (Lipinski definition) is 5. The highest BCUT2D eigenvalue weighted by atomic mass is 19.3. The zero-order chi connectivity index (χ0) is 17.3. The van der Waals surface area contributed by atoms with Crippen LogP contribution in [0.2, 0.25) is 0 Å². The first-order chi connectivity index (χ1) is 10.7. The number of amides is 1. The molecule has 0 aliphatic rings. The van der Waals surface area contributed by atoms with Gasteiger partial charge >= 0.3 is 5.69 Å². The summed E-state index contributed by atoms with van der Waals surface area (Å²) in [6.45, 7) is 2.53. The number of carbonyl (C=O) groups is 1. The molecule has 2 aromatic heterocycles. The number of rotatable bonds is 5. The number of alkyl halides is 2. The Bertz CT molecular complexity index is 767. The first-order valence-corrected chi connectivity index (χ1v) is 6.50. The summed E-state index contributed by atoms with van der Waals surface area (Å²) in [4.78, 5) is 22.0. The van der Waals surface area contributed by atoms with Crippen molar-refractivity contribution in [2.45, 2.75) is 26.8 Å². The van der Waals surface area contributed by atoms with Crippen molar-refractivity contribution in [1.82, 2.24) is 19.6 Å². The first-order valence-electron chi connectivity index (χ1n) is 6.50. The van der Waals surface area contributed by atoms with Gasteiger partial charge in [-0.1, -0.05) is 0 Å². The third kappa shape index (κ3) is 3.33. The molecule has 0 bridgehead atoms. The van der Waals surface area contributed by atoms with Gasteiger partial charge in [0.15, 0.2) is 0 Å². The molecule has 2 heterocycles. The maximum atomic E-state index is 12.8. The maximum Gasteiger partial charge on any atom is 0.319 e. The minimum absolute atomic E-state index is 0.108. The molecule has 0 aliphatic carbocycles. The SMILES string of the molecule is Cc1nn(C)cc1NC(=O)Cn1nc(C(F)F)c([N+](=O)[O-])c1C. The second-order valence-electron chi connectivity index (χ2n) is 4.88. The number of halogens is 2. The fraction of sp³-hybridized carbons (Fsp3) is 0.417. The third-order valence-corrected chi connectivity index (χ3v) is 3.17. The van der Waals surface area contributed by atoms with Crippen LogP contribution < -0.4 is 5.32 Å². The normalized spacial score (nSPS) is 11.0. The summed E-state index contributed by atoms with van der Waals surface area (Å²) in [6.07, 6.45) is -1.52. The average Bonchev–Trinajstić information content (AvgIpc) is 2.90. The van der Waals surface area contributed by atoms with Crippen LogP contribution in [0.25, 0.3) is 0 Å². The van der Waals surface area contributed by atoms with E-state index in [0.29, 0.717) is 11.4 Å².